The Labute approximate surface area is 110 Å². The summed E-state index contributed by atoms with van der Waals surface area (Å²) in [7, 11) is 4.05. The summed E-state index contributed by atoms with van der Waals surface area (Å²) in [6.45, 7) is 5.29. The monoisotopic (exact) mass is 257 g/mol. The minimum Gasteiger partial charge on any atom is -0.480 e. The van der Waals surface area contributed by atoms with Crippen LogP contribution in [0.4, 0.5) is 0 Å². The van der Waals surface area contributed by atoms with E-state index in [0.717, 1.165) is 38.9 Å². The van der Waals surface area contributed by atoms with Gasteiger partial charge in [-0.3, -0.25) is 9.69 Å². The second kappa shape index (κ2) is 6.50. The predicted octanol–water partition coefficient (Wildman–Crippen LogP) is 0.452. The molecule has 5 heteroatoms. The highest BCUT2D eigenvalue weighted by molar-refractivity contribution is 5.79. The molecule has 1 aliphatic carbocycles. The summed E-state index contributed by atoms with van der Waals surface area (Å²) < 4.78 is 0. The molecular weight excluding hydrogens is 230 g/mol. The lowest BCUT2D eigenvalue weighted by atomic mass is 9.93. The molecule has 0 heterocycles. The molecule has 0 aromatic heterocycles. The van der Waals surface area contributed by atoms with E-state index in [0.29, 0.717) is 6.54 Å². The molecule has 1 atom stereocenters. The van der Waals surface area contributed by atoms with Crippen LogP contribution in [0, 0.1) is 5.92 Å². The molecule has 0 aromatic carbocycles. The normalized spacial score (nSPS) is 19.2. The number of carbonyl (C=O) groups is 1. The summed E-state index contributed by atoms with van der Waals surface area (Å²) >= 11 is 0. The highest BCUT2D eigenvalue weighted by Crippen LogP contribution is 2.38. The maximum atomic E-state index is 11.4. The molecule has 106 valence electrons. The van der Waals surface area contributed by atoms with Gasteiger partial charge in [0.05, 0.1) is 0 Å². The summed E-state index contributed by atoms with van der Waals surface area (Å²) in [6.07, 6.45) is 2.93. The Balaban J connectivity index is 2.59. The van der Waals surface area contributed by atoms with Crippen molar-refractivity contribution in [2.24, 2.45) is 11.7 Å². The van der Waals surface area contributed by atoms with Crippen LogP contribution in [0.5, 0.6) is 0 Å². The van der Waals surface area contributed by atoms with Crippen molar-refractivity contribution >= 4 is 5.97 Å². The van der Waals surface area contributed by atoms with Crippen LogP contribution in [0.25, 0.3) is 0 Å². The van der Waals surface area contributed by atoms with Crippen molar-refractivity contribution in [3.8, 4) is 0 Å². The zero-order chi connectivity index (χ0) is 13.8. The van der Waals surface area contributed by atoms with Gasteiger partial charge in [-0.05, 0) is 45.8 Å². The first kappa shape index (κ1) is 15.4. The fraction of sp³-hybridized carbons (Fsp3) is 0.923. The summed E-state index contributed by atoms with van der Waals surface area (Å²) in [4.78, 5) is 15.7. The molecule has 1 aliphatic rings. The highest BCUT2D eigenvalue weighted by Gasteiger charge is 2.48. The number of carboxylic acid groups (broad SMARTS) is 1. The summed E-state index contributed by atoms with van der Waals surface area (Å²) in [5.74, 6) is -0.690. The van der Waals surface area contributed by atoms with Crippen LogP contribution in [-0.2, 0) is 4.79 Å². The maximum Gasteiger partial charge on any atom is 0.325 e. The number of hydrogen-bond donors (Lipinski definition) is 2. The van der Waals surface area contributed by atoms with Crippen molar-refractivity contribution in [1.82, 2.24) is 9.80 Å². The number of hydrogen-bond acceptors (Lipinski definition) is 4. The average molecular weight is 257 g/mol. The van der Waals surface area contributed by atoms with Crippen LogP contribution in [0.2, 0.25) is 0 Å². The topological polar surface area (TPSA) is 69.8 Å². The smallest absolute Gasteiger partial charge is 0.325 e. The van der Waals surface area contributed by atoms with E-state index in [-0.39, 0.29) is 5.92 Å². The third-order valence-corrected chi connectivity index (χ3v) is 3.59. The van der Waals surface area contributed by atoms with Crippen LogP contribution < -0.4 is 5.73 Å². The van der Waals surface area contributed by atoms with Gasteiger partial charge in [0.2, 0.25) is 0 Å². The second-order valence-electron chi connectivity index (χ2n) is 5.70. The highest BCUT2D eigenvalue weighted by atomic mass is 16.4. The van der Waals surface area contributed by atoms with Gasteiger partial charge in [0, 0.05) is 19.6 Å². The van der Waals surface area contributed by atoms with Gasteiger partial charge in [-0.1, -0.05) is 6.92 Å². The molecule has 0 bridgehead atoms. The Morgan fingerprint density at radius 3 is 2.33 bits per heavy atom. The molecule has 1 saturated carbocycles. The molecule has 0 radical (unpaired) electrons. The molecule has 18 heavy (non-hydrogen) atoms. The van der Waals surface area contributed by atoms with Crippen LogP contribution in [0.3, 0.4) is 0 Å². The number of nitrogens with two attached hydrogens (primary N) is 1. The summed E-state index contributed by atoms with van der Waals surface area (Å²) in [5.41, 5.74) is 5.07. The third kappa shape index (κ3) is 4.23. The average Bonchev–Trinajstić information content (AvgIpc) is 3.09. The van der Waals surface area contributed by atoms with Gasteiger partial charge in [0.1, 0.15) is 5.54 Å². The predicted molar refractivity (Wildman–Crippen MR) is 72.6 cm³/mol. The van der Waals surface area contributed by atoms with Crippen molar-refractivity contribution in [3.05, 3.63) is 0 Å². The van der Waals surface area contributed by atoms with Crippen LogP contribution >= 0.6 is 0 Å². The van der Waals surface area contributed by atoms with Crippen LogP contribution in [0.15, 0.2) is 0 Å². The van der Waals surface area contributed by atoms with E-state index in [4.69, 9.17) is 5.73 Å². The lowest BCUT2D eigenvalue weighted by molar-refractivity contribution is -0.145. The number of likely N-dealkylation sites (N-methyl/N-ethyl adjacent to an activating group) is 1. The molecule has 0 aromatic rings. The third-order valence-electron chi connectivity index (χ3n) is 3.59. The number of carboxylic acids is 1. The lowest BCUT2D eigenvalue weighted by Gasteiger charge is -2.33. The zero-order valence-corrected chi connectivity index (χ0v) is 11.9. The van der Waals surface area contributed by atoms with Crippen molar-refractivity contribution in [1.29, 1.82) is 0 Å². The lowest BCUT2D eigenvalue weighted by Crippen LogP contribution is -2.58. The molecular formula is C13H27N3O2. The van der Waals surface area contributed by atoms with Crippen LogP contribution in [-0.4, -0.2) is 66.7 Å². The van der Waals surface area contributed by atoms with E-state index < -0.39 is 11.5 Å². The SMILES string of the molecule is CCCN(CCN(C)C)CC(N)(C(=O)O)C1CC1. The Bertz CT molecular complexity index is 279. The number of nitrogens with zero attached hydrogens (tertiary/aromatic N) is 2. The van der Waals surface area contributed by atoms with E-state index in [1.165, 1.54) is 0 Å². The molecule has 0 amide bonds. The first-order valence-corrected chi connectivity index (χ1v) is 6.79. The molecule has 1 unspecified atom stereocenters. The molecule has 0 saturated heterocycles. The van der Waals surface area contributed by atoms with Crippen LogP contribution in [0.1, 0.15) is 26.2 Å². The maximum absolute atomic E-state index is 11.4. The fourth-order valence-electron chi connectivity index (χ4n) is 2.27. The molecule has 1 fully saturated rings. The van der Waals surface area contributed by atoms with Gasteiger partial charge in [-0.25, -0.2) is 0 Å². The Hall–Kier alpha value is -0.650. The Kier molecular flexibility index (Phi) is 5.56. The number of rotatable bonds is 9. The first-order chi connectivity index (χ1) is 8.40. The first-order valence-electron chi connectivity index (χ1n) is 6.79. The van der Waals surface area contributed by atoms with E-state index in [1.54, 1.807) is 0 Å². The van der Waals surface area contributed by atoms with E-state index in [2.05, 4.69) is 16.7 Å². The van der Waals surface area contributed by atoms with Gasteiger partial charge in [-0.15, -0.1) is 0 Å². The minimum absolute atomic E-state index is 0.161. The largest absolute Gasteiger partial charge is 0.480 e. The Morgan fingerprint density at radius 2 is 1.94 bits per heavy atom. The number of aliphatic carboxylic acids is 1. The zero-order valence-electron chi connectivity index (χ0n) is 11.9. The minimum atomic E-state index is -1.05. The van der Waals surface area contributed by atoms with Gasteiger partial charge in [0.25, 0.3) is 0 Å². The Morgan fingerprint density at radius 1 is 1.33 bits per heavy atom. The molecule has 3 N–H and O–H groups in total. The second-order valence-corrected chi connectivity index (χ2v) is 5.70. The van der Waals surface area contributed by atoms with Crippen molar-refractivity contribution in [3.63, 3.8) is 0 Å². The van der Waals surface area contributed by atoms with Crippen molar-refractivity contribution in [2.75, 3.05) is 40.3 Å². The quantitative estimate of drug-likeness (QED) is 0.628. The van der Waals surface area contributed by atoms with E-state index in [9.17, 15) is 9.90 Å². The van der Waals surface area contributed by atoms with Crippen molar-refractivity contribution in [2.45, 2.75) is 31.7 Å². The van der Waals surface area contributed by atoms with E-state index in [1.807, 2.05) is 14.1 Å². The van der Waals surface area contributed by atoms with Gasteiger partial charge in [0.15, 0.2) is 0 Å². The van der Waals surface area contributed by atoms with Crippen molar-refractivity contribution < 1.29 is 9.90 Å². The molecule has 0 aliphatic heterocycles. The van der Waals surface area contributed by atoms with Gasteiger partial charge in [-0.2, -0.15) is 0 Å². The summed E-state index contributed by atoms with van der Waals surface area (Å²) in [5, 5.41) is 9.38. The standard InChI is InChI=1S/C13H27N3O2/c1-4-7-16(9-8-15(2)3)10-13(14,12(17)18)11-5-6-11/h11H,4-10,14H2,1-3H3,(H,17,18). The summed E-state index contributed by atoms with van der Waals surface area (Å²) in [6, 6.07) is 0. The molecule has 1 rings (SSSR count). The van der Waals surface area contributed by atoms with E-state index >= 15 is 0 Å². The van der Waals surface area contributed by atoms with Gasteiger partial charge >= 0.3 is 5.97 Å². The fourth-order valence-corrected chi connectivity index (χ4v) is 2.27. The molecule has 5 nitrogen and oxygen atoms in total. The molecule has 0 spiro atoms. The van der Waals surface area contributed by atoms with Gasteiger partial charge < -0.3 is 15.7 Å².